The van der Waals surface area contributed by atoms with Gasteiger partial charge in [0.2, 0.25) is 5.91 Å². The van der Waals surface area contributed by atoms with Gasteiger partial charge in [-0.25, -0.2) is 4.79 Å². The summed E-state index contributed by atoms with van der Waals surface area (Å²) in [4.78, 5) is 38.0. The van der Waals surface area contributed by atoms with Crippen LogP contribution in [0.4, 0.5) is 4.79 Å². The number of nitrogens with zero attached hydrogens (tertiary/aromatic N) is 1. The molecule has 0 bridgehead atoms. The third-order valence-electron chi connectivity index (χ3n) is 7.17. The molecule has 3 atom stereocenters. The number of carbonyl (C=O) groups excluding carboxylic acids is 2. The zero-order valence-corrected chi connectivity index (χ0v) is 18.4. The summed E-state index contributed by atoms with van der Waals surface area (Å²) in [5, 5.41) is 12.0. The third kappa shape index (κ3) is 4.32. The second-order valence-corrected chi connectivity index (χ2v) is 9.27. The molecule has 1 heterocycles. The van der Waals surface area contributed by atoms with E-state index in [0.717, 1.165) is 12.8 Å². The molecule has 0 radical (unpaired) electrons. The van der Waals surface area contributed by atoms with Crippen molar-refractivity contribution in [2.75, 3.05) is 26.2 Å². The number of piperidine rings is 1. The van der Waals surface area contributed by atoms with E-state index in [0.29, 0.717) is 19.5 Å². The molecule has 0 aromatic heterocycles. The maximum absolute atomic E-state index is 12.7. The molecular weight excluding hydrogens is 420 g/mol. The van der Waals surface area contributed by atoms with E-state index in [-0.39, 0.29) is 36.8 Å². The van der Waals surface area contributed by atoms with Gasteiger partial charge in [0.25, 0.3) is 0 Å². The van der Waals surface area contributed by atoms with Crippen LogP contribution < -0.4 is 5.32 Å². The first-order chi connectivity index (χ1) is 16.0. The highest BCUT2D eigenvalue weighted by molar-refractivity contribution is 5.83. The highest BCUT2D eigenvalue weighted by Crippen LogP contribution is 2.44. The van der Waals surface area contributed by atoms with Crippen LogP contribution in [0.1, 0.15) is 36.3 Å². The molecule has 7 nitrogen and oxygen atoms in total. The second-order valence-electron chi connectivity index (χ2n) is 9.27. The summed E-state index contributed by atoms with van der Waals surface area (Å²) in [6.07, 6.45) is 1.59. The molecule has 2 aliphatic carbocycles. The van der Waals surface area contributed by atoms with Gasteiger partial charge in [0.05, 0.1) is 5.92 Å². The van der Waals surface area contributed by atoms with Crippen molar-refractivity contribution in [1.82, 2.24) is 10.2 Å². The minimum absolute atomic E-state index is 0.0136. The number of amides is 2. The van der Waals surface area contributed by atoms with Gasteiger partial charge in [0, 0.05) is 31.5 Å². The fraction of sp³-hybridized carbons (Fsp3) is 0.423. The topological polar surface area (TPSA) is 95.9 Å². The number of hydrogen-bond acceptors (Lipinski definition) is 4. The van der Waals surface area contributed by atoms with Crippen LogP contribution in [-0.4, -0.2) is 54.2 Å². The Hall–Kier alpha value is -3.35. The molecule has 2 aromatic rings. The number of nitrogens with one attached hydrogen (secondary N) is 1. The van der Waals surface area contributed by atoms with Gasteiger partial charge in [-0.15, -0.1) is 0 Å². The number of carboxylic acids is 1. The van der Waals surface area contributed by atoms with Gasteiger partial charge in [0.1, 0.15) is 6.61 Å². The van der Waals surface area contributed by atoms with Gasteiger partial charge >= 0.3 is 12.1 Å². The van der Waals surface area contributed by atoms with Gasteiger partial charge in [-0.1, -0.05) is 48.5 Å². The van der Waals surface area contributed by atoms with E-state index >= 15 is 0 Å². The fourth-order valence-electron chi connectivity index (χ4n) is 5.25. The van der Waals surface area contributed by atoms with Crippen molar-refractivity contribution < 1.29 is 24.2 Å². The van der Waals surface area contributed by atoms with Crippen LogP contribution in [0.2, 0.25) is 0 Å². The van der Waals surface area contributed by atoms with E-state index in [1.165, 1.54) is 22.3 Å². The zero-order chi connectivity index (χ0) is 22.9. The average molecular weight is 449 g/mol. The number of carbonyl (C=O) groups is 3. The van der Waals surface area contributed by atoms with E-state index < -0.39 is 18.0 Å². The Morgan fingerprint density at radius 1 is 1.03 bits per heavy atom. The van der Waals surface area contributed by atoms with E-state index in [9.17, 15) is 19.5 Å². The Morgan fingerprint density at radius 2 is 1.70 bits per heavy atom. The van der Waals surface area contributed by atoms with Gasteiger partial charge in [0.15, 0.2) is 0 Å². The lowest BCUT2D eigenvalue weighted by atomic mass is 9.98. The number of carboxylic acid groups (broad SMARTS) is 1. The molecule has 3 aliphatic rings. The molecular formula is C26H28N2O5. The largest absolute Gasteiger partial charge is 0.481 e. The van der Waals surface area contributed by atoms with Crippen molar-refractivity contribution in [3.05, 3.63) is 59.7 Å². The SMILES string of the molecule is O=C(NC[C@H]1C[C@H]1C(=O)N1CCCC(C(=O)O)C1)OCC1c2ccccc2-c2ccccc21. The number of likely N-dealkylation sites (tertiary alicyclic amines) is 1. The number of rotatable bonds is 6. The maximum Gasteiger partial charge on any atom is 0.407 e. The van der Waals surface area contributed by atoms with E-state index in [2.05, 4.69) is 29.6 Å². The first-order valence-corrected chi connectivity index (χ1v) is 11.6. The first-order valence-electron chi connectivity index (χ1n) is 11.6. The van der Waals surface area contributed by atoms with Gasteiger partial charge in [-0.3, -0.25) is 9.59 Å². The Balaban J connectivity index is 1.10. The summed E-state index contributed by atoms with van der Waals surface area (Å²) in [6.45, 7) is 1.56. The zero-order valence-electron chi connectivity index (χ0n) is 18.4. The highest BCUT2D eigenvalue weighted by atomic mass is 16.5. The second kappa shape index (κ2) is 8.89. The molecule has 2 fully saturated rings. The number of ether oxygens (including phenoxy) is 1. The monoisotopic (exact) mass is 448 g/mol. The molecule has 1 unspecified atom stereocenters. The molecule has 5 rings (SSSR count). The molecule has 1 saturated heterocycles. The van der Waals surface area contributed by atoms with E-state index in [1.54, 1.807) is 4.90 Å². The van der Waals surface area contributed by atoms with Crippen LogP contribution in [0.5, 0.6) is 0 Å². The van der Waals surface area contributed by atoms with Crippen LogP contribution >= 0.6 is 0 Å². The van der Waals surface area contributed by atoms with E-state index in [4.69, 9.17) is 4.74 Å². The summed E-state index contributed by atoms with van der Waals surface area (Å²) < 4.78 is 5.56. The van der Waals surface area contributed by atoms with Crippen molar-refractivity contribution in [1.29, 1.82) is 0 Å². The van der Waals surface area contributed by atoms with Gasteiger partial charge in [-0.05, 0) is 47.4 Å². The minimum Gasteiger partial charge on any atom is -0.481 e. The fourth-order valence-corrected chi connectivity index (χ4v) is 5.25. The summed E-state index contributed by atoms with van der Waals surface area (Å²) in [5.41, 5.74) is 4.70. The van der Waals surface area contributed by atoms with Crippen molar-refractivity contribution in [2.45, 2.75) is 25.2 Å². The lowest BCUT2D eigenvalue weighted by Gasteiger charge is -2.31. The molecule has 33 heavy (non-hydrogen) atoms. The lowest BCUT2D eigenvalue weighted by molar-refractivity contribution is -0.146. The molecule has 2 N–H and O–H groups in total. The van der Waals surface area contributed by atoms with Crippen molar-refractivity contribution in [2.24, 2.45) is 17.8 Å². The number of benzene rings is 2. The molecule has 0 spiro atoms. The standard InChI is InChI=1S/C26H28N2O5/c29-24(28-11-5-6-16(14-28)25(30)31)22-12-17(22)13-27-26(32)33-15-23-20-9-3-1-7-18(20)19-8-2-4-10-21(19)23/h1-4,7-10,16-17,22-23H,5-6,11-15H2,(H,27,32)(H,30,31)/t16?,17-,22-/m1/s1. The highest BCUT2D eigenvalue weighted by Gasteiger charge is 2.46. The lowest BCUT2D eigenvalue weighted by Crippen LogP contribution is -2.43. The molecule has 172 valence electrons. The van der Waals surface area contributed by atoms with Crippen molar-refractivity contribution >= 4 is 18.0 Å². The van der Waals surface area contributed by atoms with Crippen LogP contribution in [0, 0.1) is 17.8 Å². The van der Waals surface area contributed by atoms with Crippen molar-refractivity contribution in [3.63, 3.8) is 0 Å². The molecule has 7 heteroatoms. The van der Waals surface area contributed by atoms with Crippen molar-refractivity contribution in [3.8, 4) is 11.1 Å². The van der Waals surface area contributed by atoms with Crippen LogP contribution in [-0.2, 0) is 14.3 Å². The normalized spacial score (nSPS) is 23.4. The molecule has 1 aliphatic heterocycles. The number of alkyl carbamates (subject to hydrolysis) is 1. The Bertz CT molecular complexity index is 1040. The summed E-state index contributed by atoms with van der Waals surface area (Å²) in [7, 11) is 0. The predicted octanol–water partition coefficient (Wildman–Crippen LogP) is 3.48. The summed E-state index contributed by atoms with van der Waals surface area (Å²) >= 11 is 0. The Kier molecular flexibility index (Phi) is 5.79. The average Bonchev–Trinajstić information content (AvgIpc) is 3.56. The minimum atomic E-state index is -0.836. The number of aliphatic carboxylic acids is 1. The molecule has 2 amide bonds. The van der Waals surface area contributed by atoms with Crippen LogP contribution in [0.25, 0.3) is 11.1 Å². The number of fused-ring (bicyclic) bond motifs is 3. The predicted molar refractivity (Wildman–Crippen MR) is 122 cm³/mol. The van der Waals surface area contributed by atoms with Crippen LogP contribution in [0.3, 0.4) is 0 Å². The number of hydrogen-bond donors (Lipinski definition) is 2. The van der Waals surface area contributed by atoms with E-state index in [1.807, 2.05) is 24.3 Å². The summed E-state index contributed by atoms with van der Waals surface area (Å²) in [6, 6.07) is 16.4. The summed E-state index contributed by atoms with van der Waals surface area (Å²) in [5.74, 6) is -1.33. The molecule has 1 saturated carbocycles. The third-order valence-corrected chi connectivity index (χ3v) is 7.17. The smallest absolute Gasteiger partial charge is 0.407 e. The first kappa shape index (κ1) is 21.5. The Labute approximate surface area is 192 Å². The molecule has 2 aromatic carbocycles. The maximum atomic E-state index is 12.7. The Morgan fingerprint density at radius 3 is 2.36 bits per heavy atom. The quantitative estimate of drug-likeness (QED) is 0.705. The van der Waals surface area contributed by atoms with Gasteiger partial charge < -0.3 is 20.1 Å². The van der Waals surface area contributed by atoms with Crippen LogP contribution in [0.15, 0.2) is 48.5 Å². The van der Waals surface area contributed by atoms with Gasteiger partial charge in [-0.2, -0.15) is 0 Å².